The Labute approximate surface area is 89.1 Å². The SMILES string of the molecule is Nc1nsc(Nc2cncc(Cl)c2)n1. The molecule has 0 atom stereocenters. The van der Waals surface area contributed by atoms with Gasteiger partial charge in [-0.1, -0.05) is 11.6 Å². The molecule has 3 N–H and O–H groups in total. The van der Waals surface area contributed by atoms with Gasteiger partial charge in [-0.2, -0.15) is 9.36 Å². The number of nitrogens with zero attached hydrogens (tertiary/aromatic N) is 3. The van der Waals surface area contributed by atoms with Crippen molar-refractivity contribution in [3.63, 3.8) is 0 Å². The molecule has 0 aliphatic heterocycles. The van der Waals surface area contributed by atoms with E-state index in [1.165, 1.54) is 11.5 Å². The van der Waals surface area contributed by atoms with Crippen LogP contribution in [-0.4, -0.2) is 14.3 Å². The van der Waals surface area contributed by atoms with Crippen molar-refractivity contribution in [3.8, 4) is 0 Å². The van der Waals surface area contributed by atoms with E-state index < -0.39 is 0 Å². The molecule has 0 aliphatic rings. The first kappa shape index (κ1) is 9.17. The summed E-state index contributed by atoms with van der Waals surface area (Å²) < 4.78 is 3.83. The largest absolute Gasteiger partial charge is 0.367 e. The number of halogens is 1. The smallest absolute Gasteiger partial charge is 0.233 e. The Balaban J connectivity index is 2.18. The summed E-state index contributed by atoms with van der Waals surface area (Å²) >= 11 is 6.94. The first-order valence-electron chi connectivity index (χ1n) is 3.71. The average molecular weight is 228 g/mol. The van der Waals surface area contributed by atoms with Crippen LogP contribution in [0.2, 0.25) is 5.02 Å². The summed E-state index contributed by atoms with van der Waals surface area (Å²) in [7, 11) is 0. The fourth-order valence-corrected chi connectivity index (χ4v) is 1.58. The molecule has 5 nitrogen and oxygen atoms in total. The van der Waals surface area contributed by atoms with Crippen LogP contribution in [0.1, 0.15) is 0 Å². The van der Waals surface area contributed by atoms with E-state index in [0.29, 0.717) is 10.2 Å². The molecule has 2 aromatic rings. The van der Waals surface area contributed by atoms with E-state index in [-0.39, 0.29) is 5.95 Å². The fourth-order valence-electron chi connectivity index (χ4n) is 0.889. The van der Waals surface area contributed by atoms with Crippen LogP contribution in [0.4, 0.5) is 16.8 Å². The second kappa shape index (κ2) is 3.77. The third-order valence-electron chi connectivity index (χ3n) is 1.40. The standard InChI is InChI=1S/C7H6ClN5S/c8-4-1-5(3-10-2-4)11-7-12-6(9)13-14-7/h1-3H,(H3,9,11,12,13). The number of nitrogen functional groups attached to an aromatic ring is 1. The molecule has 0 saturated carbocycles. The lowest BCUT2D eigenvalue weighted by atomic mass is 10.4. The second-order valence-electron chi connectivity index (χ2n) is 2.47. The minimum atomic E-state index is 0.257. The Morgan fingerprint density at radius 2 is 2.29 bits per heavy atom. The Morgan fingerprint density at radius 3 is 2.93 bits per heavy atom. The second-order valence-corrected chi connectivity index (χ2v) is 3.66. The number of hydrogen-bond acceptors (Lipinski definition) is 6. The first-order valence-corrected chi connectivity index (χ1v) is 4.86. The van der Waals surface area contributed by atoms with Gasteiger partial charge in [0.05, 0.1) is 16.9 Å². The van der Waals surface area contributed by atoms with Crippen LogP contribution in [-0.2, 0) is 0 Å². The van der Waals surface area contributed by atoms with E-state index >= 15 is 0 Å². The highest BCUT2D eigenvalue weighted by atomic mass is 35.5. The van der Waals surface area contributed by atoms with Gasteiger partial charge in [-0.15, -0.1) is 0 Å². The monoisotopic (exact) mass is 227 g/mol. The average Bonchev–Trinajstić information content (AvgIpc) is 2.51. The maximum absolute atomic E-state index is 5.76. The number of pyridine rings is 1. The predicted octanol–water partition coefficient (Wildman–Crippen LogP) is 1.91. The van der Waals surface area contributed by atoms with Crippen molar-refractivity contribution in [2.45, 2.75) is 0 Å². The van der Waals surface area contributed by atoms with Gasteiger partial charge in [0.2, 0.25) is 11.1 Å². The Kier molecular flexibility index (Phi) is 2.47. The number of aromatic nitrogens is 3. The van der Waals surface area contributed by atoms with Gasteiger partial charge in [0, 0.05) is 17.7 Å². The van der Waals surface area contributed by atoms with E-state index in [9.17, 15) is 0 Å². The summed E-state index contributed by atoms with van der Waals surface area (Å²) in [5.41, 5.74) is 6.13. The molecule has 0 fully saturated rings. The van der Waals surface area contributed by atoms with Gasteiger partial charge >= 0.3 is 0 Å². The quantitative estimate of drug-likeness (QED) is 0.820. The molecule has 72 valence electrons. The van der Waals surface area contributed by atoms with E-state index in [1.54, 1.807) is 18.5 Å². The van der Waals surface area contributed by atoms with Crippen molar-refractivity contribution in [3.05, 3.63) is 23.5 Å². The minimum Gasteiger partial charge on any atom is -0.367 e. The van der Waals surface area contributed by atoms with Gasteiger partial charge in [-0.25, -0.2) is 0 Å². The Morgan fingerprint density at radius 1 is 1.43 bits per heavy atom. The van der Waals surface area contributed by atoms with Crippen LogP contribution in [0.15, 0.2) is 18.5 Å². The van der Waals surface area contributed by atoms with Gasteiger partial charge in [-0.3, -0.25) is 4.98 Å². The van der Waals surface area contributed by atoms with Crippen LogP contribution in [0.25, 0.3) is 0 Å². The summed E-state index contributed by atoms with van der Waals surface area (Å²) in [6.07, 6.45) is 3.20. The summed E-state index contributed by atoms with van der Waals surface area (Å²) in [5.74, 6) is 0.257. The topological polar surface area (TPSA) is 76.7 Å². The van der Waals surface area contributed by atoms with Crippen molar-refractivity contribution in [1.82, 2.24) is 14.3 Å². The lowest BCUT2D eigenvalue weighted by molar-refractivity contribution is 1.30. The zero-order valence-corrected chi connectivity index (χ0v) is 8.51. The van der Waals surface area contributed by atoms with Crippen molar-refractivity contribution in [2.75, 3.05) is 11.1 Å². The zero-order valence-electron chi connectivity index (χ0n) is 6.94. The third kappa shape index (κ3) is 2.09. The maximum atomic E-state index is 5.76. The third-order valence-corrected chi connectivity index (χ3v) is 2.25. The summed E-state index contributed by atoms with van der Waals surface area (Å²) in [4.78, 5) is 7.86. The van der Waals surface area contributed by atoms with Crippen LogP contribution in [0.5, 0.6) is 0 Å². The maximum Gasteiger partial charge on any atom is 0.233 e. The number of rotatable bonds is 2. The fraction of sp³-hybridized carbons (Fsp3) is 0. The number of nitrogens with two attached hydrogens (primary N) is 1. The number of nitrogens with one attached hydrogen (secondary N) is 1. The van der Waals surface area contributed by atoms with Gasteiger partial charge in [-0.05, 0) is 6.07 Å². The van der Waals surface area contributed by atoms with Gasteiger partial charge < -0.3 is 11.1 Å². The molecule has 0 spiro atoms. The molecule has 0 saturated heterocycles. The van der Waals surface area contributed by atoms with E-state index in [4.69, 9.17) is 17.3 Å². The molecule has 0 aliphatic carbocycles. The first-order chi connectivity index (χ1) is 6.74. The molecule has 2 aromatic heterocycles. The lowest BCUT2D eigenvalue weighted by Gasteiger charge is -2.00. The molecule has 14 heavy (non-hydrogen) atoms. The van der Waals surface area contributed by atoms with Gasteiger partial charge in [0.25, 0.3) is 0 Å². The van der Waals surface area contributed by atoms with Crippen LogP contribution < -0.4 is 11.1 Å². The molecule has 0 bridgehead atoms. The number of hydrogen-bond donors (Lipinski definition) is 2. The normalized spacial score (nSPS) is 10.1. The van der Waals surface area contributed by atoms with Crippen molar-refractivity contribution in [1.29, 1.82) is 0 Å². The molecule has 7 heteroatoms. The zero-order chi connectivity index (χ0) is 9.97. The molecule has 0 amide bonds. The predicted molar refractivity (Wildman–Crippen MR) is 56.9 cm³/mol. The van der Waals surface area contributed by atoms with Crippen molar-refractivity contribution in [2.24, 2.45) is 0 Å². The van der Waals surface area contributed by atoms with Crippen molar-refractivity contribution >= 4 is 39.9 Å². The Hall–Kier alpha value is -1.40. The van der Waals surface area contributed by atoms with Crippen LogP contribution in [0, 0.1) is 0 Å². The van der Waals surface area contributed by atoms with Crippen molar-refractivity contribution < 1.29 is 0 Å². The highest BCUT2D eigenvalue weighted by Crippen LogP contribution is 2.20. The summed E-state index contributed by atoms with van der Waals surface area (Å²) in [6, 6.07) is 1.74. The van der Waals surface area contributed by atoms with E-state index in [1.807, 2.05) is 0 Å². The molecule has 0 radical (unpaired) electrons. The van der Waals surface area contributed by atoms with Crippen LogP contribution >= 0.6 is 23.1 Å². The van der Waals surface area contributed by atoms with E-state index in [0.717, 1.165) is 5.69 Å². The van der Waals surface area contributed by atoms with E-state index in [2.05, 4.69) is 19.7 Å². The summed E-state index contributed by atoms with van der Waals surface area (Å²) in [6.45, 7) is 0. The molecule has 2 rings (SSSR count). The molecule has 0 aromatic carbocycles. The van der Waals surface area contributed by atoms with Gasteiger partial charge in [0.1, 0.15) is 0 Å². The minimum absolute atomic E-state index is 0.257. The highest BCUT2D eigenvalue weighted by Gasteiger charge is 2.01. The lowest BCUT2D eigenvalue weighted by Crippen LogP contribution is -1.91. The molecule has 0 unspecified atom stereocenters. The van der Waals surface area contributed by atoms with Crippen LogP contribution in [0.3, 0.4) is 0 Å². The molecular formula is C7H6ClN5S. The number of anilines is 3. The molecule has 2 heterocycles. The molecular weight excluding hydrogens is 222 g/mol. The van der Waals surface area contributed by atoms with Gasteiger partial charge in [0.15, 0.2) is 0 Å². The summed E-state index contributed by atoms with van der Waals surface area (Å²) in [5, 5.41) is 4.16. The Bertz CT molecular complexity index is 443. The highest BCUT2D eigenvalue weighted by molar-refractivity contribution is 7.10.